The molecule has 0 spiro atoms. The van der Waals surface area contributed by atoms with E-state index in [-0.39, 0.29) is 5.82 Å². The Bertz CT molecular complexity index is 859. The fraction of sp³-hybridized carbons (Fsp3) is 0.0714. The molecule has 2 aromatic heterocycles. The molecule has 0 aliphatic heterocycles. The molecule has 7 heteroatoms. The molecule has 21 heavy (non-hydrogen) atoms. The lowest BCUT2D eigenvalue weighted by atomic mass is 10.1. The van der Waals surface area contributed by atoms with Gasteiger partial charge in [-0.15, -0.1) is 0 Å². The summed E-state index contributed by atoms with van der Waals surface area (Å²) in [5.41, 5.74) is -0.147. The summed E-state index contributed by atoms with van der Waals surface area (Å²) in [5.74, 6) is 0.167. The predicted octanol–water partition coefficient (Wildman–Crippen LogP) is 3.31. The standard InChI is InChI=1S/C14H7F3N4/c15-14(16,17)12-5-6-21(20-12)13-7-9(8-18)10-3-1-2-4-11(10)19-13/h1-7H. The Labute approximate surface area is 117 Å². The normalized spacial score (nSPS) is 11.5. The highest BCUT2D eigenvalue weighted by atomic mass is 19.4. The molecule has 0 aliphatic rings. The minimum Gasteiger partial charge on any atom is -0.229 e. The number of hydrogen-bond acceptors (Lipinski definition) is 3. The van der Waals surface area contributed by atoms with Crippen molar-refractivity contribution in [3.63, 3.8) is 0 Å². The van der Waals surface area contributed by atoms with Gasteiger partial charge in [0, 0.05) is 17.6 Å². The van der Waals surface area contributed by atoms with E-state index in [2.05, 4.69) is 10.1 Å². The van der Waals surface area contributed by atoms with Crippen LogP contribution >= 0.6 is 0 Å². The minimum absolute atomic E-state index is 0.167. The summed E-state index contributed by atoms with van der Waals surface area (Å²) in [6.07, 6.45) is -3.35. The highest BCUT2D eigenvalue weighted by molar-refractivity contribution is 5.85. The first-order chi connectivity index (χ1) is 9.99. The topological polar surface area (TPSA) is 54.5 Å². The third-order valence-corrected chi connectivity index (χ3v) is 2.94. The van der Waals surface area contributed by atoms with Crippen LogP contribution in [-0.2, 0) is 6.18 Å². The van der Waals surface area contributed by atoms with E-state index in [0.717, 1.165) is 10.7 Å². The van der Waals surface area contributed by atoms with Crippen molar-refractivity contribution in [1.82, 2.24) is 14.8 Å². The molecule has 0 fully saturated rings. The van der Waals surface area contributed by atoms with Crippen molar-refractivity contribution < 1.29 is 13.2 Å². The molecule has 3 rings (SSSR count). The van der Waals surface area contributed by atoms with Crippen LogP contribution in [-0.4, -0.2) is 14.8 Å². The second-order valence-corrected chi connectivity index (χ2v) is 4.30. The lowest BCUT2D eigenvalue weighted by molar-refractivity contribution is -0.141. The van der Waals surface area contributed by atoms with Gasteiger partial charge in [-0.2, -0.15) is 23.5 Å². The van der Waals surface area contributed by atoms with E-state index < -0.39 is 11.9 Å². The lowest BCUT2D eigenvalue weighted by Gasteiger charge is -2.05. The number of rotatable bonds is 1. The number of benzene rings is 1. The van der Waals surface area contributed by atoms with Crippen molar-refractivity contribution in [2.45, 2.75) is 6.18 Å². The smallest absolute Gasteiger partial charge is 0.229 e. The molecule has 104 valence electrons. The number of aromatic nitrogens is 3. The van der Waals surface area contributed by atoms with Gasteiger partial charge in [0.25, 0.3) is 0 Å². The Kier molecular flexibility index (Phi) is 2.87. The molecule has 0 amide bonds. The highest BCUT2D eigenvalue weighted by Crippen LogP contribution is 2.28. The average molecular weight is 288 g/mol. The van der Waals surface area contributed by atoms with Crippen molar-refractivity contribution in [2.75, 3.05) is 0 Å². The largest absolute Gasteiger partial charge is 0.435 e. The van der Waals surface area contributed by atoms with Crippen molar-refractivity contribution in [2.24, 2.45) is 0 Å². The van der Waals surface area contributed by atoms with Crippen LogP contribution in [0.15, 0.2) is 42.6 Å². The Hall–Kier alpha value is -2.88. The zero-order valence-electron chi connectivity index (χ0n) is 10.5. The average Bonchev–Trinajstić information content (AvgIpc) is 2.96. The number of nitriles is 1. The van der Waals surface area contributed by atoms with Crippen LogP contribution < -0.4 is 0 Å². The molecule has 4 nitrogen and oxygen atoms in total. The molecule has 0 atom stereocenters. The van der Waals surface area contributed by atoms with Gasteiger partial charge in [0.15, 0.2) is 11.5 Å². The Morgan fingerprint density at radius 2 is 1.90 bits per heavy atom. The molecular formula is C14H7F3N4. The van der Waals surface area contributed by atoms with Gasteiger partial charge >= 0.3 is 6.18 Å². The number of alkyl halides is 3. The van der Waals surface area contributed by atoms with Crippen LogP contribution in [0.4, 0.5) is 13.2 Å². The molecule has 0 saturated heterocycles. The molecule has 0 aliphatic carbocycles. The third kappa shape index (κ3) is 2.31. The van der Waals surface area contributed by atoms with E-state index in [9.17, 15) is 13.2 Å². The summed E-state index contributed by atoms with van der Waals surface area (Å²) in [5, 5.41) is 13.3. The highest BCUT2D eigenvalue weighted by Gasteiger charge is 2.33. The number of fused-ring (bicyclic) bond motifs is 1. The Morgan fingerprint density at radius 3 is 2.57 bits per heavy atom. The van der Waals surface area contributed by atoms with Crippen LogP contribution in [0.3, 0.4) is 0 Å². The van der Waals surface area contributed by atoms with Gasteiger partial charge in [0.2, 0.25) is 0 Å². The second kappa shape index (κ2) is 4.59. The van der Waals surface area contributed by atoms with Gasteiger partial charge in [-0.1, -0.05) is 18.2 Å². The molecule has 0 radical (unpaired) electrons. The number of halogens is 3. The first-order valence-corrected chi connectivity index (χ1v) is 5.92. The van der Waals surface area contributed by atoms with Gasteiger partial charge < -0.3 is 0 Å². The van der Waals surface area contributed by atoms with Crippen molar-refractivity contribution >= 4 is 10.9 Å². The summed E-state index contributed by atoms with van der Waals surface area (Å²) < 4.78 is 38.7. The SMILES string of the molecule is N#Cc1cc(-n2ccc(C(F)(F)F)n2)nc2ccccc12. The fourth-order valence-corrected chi connectivity index (χ4v) is 1.97. The van der Waals surface area contributed by atoms with Crippen LogP contribution in [0, 0.1) is 11.3 Å². The minimum atomic E-state index is -4.51. The molecule has 3 aromatic rings. The number of hydrogen-bond donors (Lipinski definition) is 0. The maximum Gasteiger partial charge on any atom is 0.435 e. The number of nitrogens with zero attached hydrogens (tertiary/aromatic N) is 4. The van der Waals surface area contributed by atoms with Gasteiger partial charge in [0.1, 0.15) is 0 Å². The first kappa shape index (κ1) is 13.1. The van der Waals surface area contributed by atoms with E-state index in [1.807, 2.05) is 6.07 Å². The first-order valence-electron chi connectivity index (χ1n) is 5.92. The maximum absolute atomic E-state index is 12.6. The summed E-state index contributed by atoms with van der Waals surface area (Å²) in [6.45, 7) is 0. The molecule has 1 aromatic carbocycles. The van der Waals surface area contributed by atoms with Gasteiger partial charge in [0.05, 0.1) is 17.1 Å². The zero-order chi connectivity index (χ0) is 15.0. The van der Waals surface area contributed by atoms with E-state index in [1.165, 1.54) is 12.3 Å². The van der Waals surface area contributed by atoms with Crippen molar-refractivity contribution in [1.29, 1.82) is 5.26 Å². The zero-order valence-corrected chi connectivity index (χ0v) is 10.5. The van der Waals surface area contributed by atoms with Gasteiger partial charge in [-0.25, -0.2) is 9.67 Å². The predicted molar refractivity (Wildman–Crippen MR) is 68.6 cm³/mol. The number of para-hydroxylation sites is 1. The quantitative estimate of drug-likeness (QED) is 0.690. The van der Waals surface area contributed by atoms with Crippen LogP contribution in [0.1, 0.15) is 11.3 Å². The third-order valence-electron chi connectivity index (χ3n) is 2.94. The lowest BCUT2D eigenvalue weighted by Crippen LogP contribution is -2.08. The van der Waals surface area contributed by atoms with Crippen LogP contribution in [0.25, 0.3) is 16.7 Å². The Morgan fingerprint density at radius 1 is 1.14 bits per heavy atom. The van der Waals surface area contributed by atoms with E-state index in [1.54, 1.807) is 24.3 Å². The van der Waals surface area contributed by atoms with E-state index >= 15 is 0 Å². The molecule has 0 saturated carbocycles. The summed E-state index contributed by atoms with van der Waals surface area (Å²) in [4.78, 5) is 4.23. The van der Waals surface area contributed by atoms with Crippen LogP contribution in [0.2, 0.25) is 0 Å². The molecule has 0 bridgehead atoms. The fourth-order valence-electron chi connectivity index (χ4n) is 1.97. The number of pyridine rings is 1. The van der Waals surface area contributed by atoms with Crippen molar-refractivity contribution in [3.05, 3.63) is 53.9 Å². The monoisotopic (exact) mass is 288 g/mol. The molecular weight excluding hydrogens is 281 g/mol. The maximum atomic E-state index is 12.6. The summed E-state index contributed by atoms with van der Waals surface area (Å²) in [6, 6.07) is 11.2. The molecule has 2 heterocycles. The Balaban J connectivity index is 2.17. The van der Waals surface area contributed by atoms with Gasteiger partial charge in [-0.05, 0) is 12.1 Å². The summed E-state index contributed by atoms with van der Waals surface area (Å²) >= 11 is 0. The van der Waals surface area contributed by atoms with Crippen LogP contribution in [0.5, 0.6) is 0 Å². The molecule has 0 N–H and O–H groups in total. The van der Waals surface area contributed by atoms with Gasteiger partial charge in [-0.3, -0.25) is 0 Å². The van der Waals surface area contributed by atoms with Crippen molar-refractivity contribution in [3.8, 4) is 11.9 Å². The van der Waals surface area contributed by atoms with E-state index in [4.69, 9.17) is 5.26 Å². The molecule has 0 unspecified atom stereocenters. The van der Waals surface area contributed by atoms with E-state index in [0.29, 0.717) is 16.5 Å². The summed E-state index contributed by atoms with van der Waals surface area (Å²) in [7, 11) is 0. The second-order valence-electron chi connectivity index (χ2n) is 4.30.